The zero-order chi connectivity index (χ0) is 13.0. The van der Waals surface area contributed by atoms with Gasteiger partial charge in [0.2, 0.25) is 0 Å². The highest BCUT2D eigenvalue weighted by atomic mass is 16.2. The van der Waals surface area contributed by atoms with Crippen LogP contribution in [-0.4, -0.2) is 21.8 Å². The van der Waals surface area contributed by atoms with Crippen molar-refractivity contribution in [3.05, 3.63) is 54.0 Å². The van der Waals surface area contributed by atoms with Crippen LogP contribution in [0.1, 0.15) is 20.8 Å². The molecule has 0 radical (unpaired) electrons. The largest absolute Gasteiger partial charge is 0.364 e. The number of hydrogen-bond donors (Lipinski definition) is 2. The van der Waals surface area contributed by atoms with Crippen LogP contribution in [0.2, 0.25) is 0 Å². The quantitative estimate of drug-likeness (QED) is 0.832. The van der Waals surface area contributed by atoms with Gasteiger partial charge in [0.15, 0.2) is 0 Å². The minimum Gasteiger partial charge on any atom is -0.364 e. The maximum absolute atomic E-state index is 11.8. The fraction of sp³-hybridized carbons (Fsp3) is 0. The first-order valence-corrected chi connectivity index (χ1v) is 5.15. The summed E-state index contributed by atoms with van der Waals surface area (Å²) >= 11 is 0. The number of pyridine rings is 2. The second-order valence-corrected chi connectivity index (χ2v) is 3.46. The molecule has 2 aromatic rings. The van der Waals surface area contributed by atoms with Crippen LogP contribution in [0, 0.1) is 0 Å². The summed E-state index contributed by atoms with van der Waals surface area (Å²) in [7, 11) is 0. The van der Waals surface area contributed by atoms with E-state index in [4.69, 9.17) is 5.73 Å². The van der Waals surface area contributed by atoms with Gasteiger partial charge in [-0.2, -0.15) is 0 Å². The Hall–Kier alpha value is -2.76. The lowest BCUT2D eigenvalue weighted by Gasteiger charge is -2.04. The fourth-order valence-electron chi connectivity index (χ4n) is 1.33. The van der Waals surface area contributed by atoms with Gasteiger partial charge in [0.25, 0.3) is 11.8 Å². The third-order valence-corrected chi connectivity index (χ3v) is 2.19. The molecular formula is C12H10N4O2. The van der Waals surface area contributed by atoms with Gasteiger partial charge in [-0.3, -0.25) is 14.6 Å². The third kappa shape index (κ3) is 2.67. The lowest BCUT2D eigenvalue weighted by atomic mass is 10.2. The molecule has 2 rings (SSSR count). The molecule has 18 heavy (non-hydrogen) atoms. The Kier molecular flexibility index (Phi) is 3.29. The van der Waals surface area contributed by atoms with E-state index in [-0.39, 0.29) is 17.4 Å². The number of nitrogens with zero attached hydrogens (tertiary/aromatic N) is 2. The molecule has 0 aliphatic carbocycles. The van der Waals surface area contributed by atoms with Crippen molar-refractivity contribution in [1.29, 1.82) is 0 Å². The van der Waals surface area contributed by atoms with Gasteiger partial charge < -0.3 is 11.1 Å². The first-order valence-electron chi connectivity index (χ1n) is 5.15. The molecule has 90 valence electrons. The van der Waals surface area contributed by atoms with E-state index in [9.17, 15) is 9.59 Å². The van der Waals surface area contributed by atoms with Crippen molar-refractivity contribution in [2.75, 3.05) is 5.32 Å². The van der Waals surface area contributed by atoms with E-state index in [1.807, 2.05) is 0 Å². The van der Waals surface area contributed by atoms with Crippen LogP contribution in [0.15, 0.2) is 42.7 Å². The number of nitrogens with two attached hydrogens (primary N) is 1. The summed E-state index contributed by atoms with van der Waals surface area (Å²) in [6, 6.07) is 7.80. The predicted molar refractivity (Wildman–Crippen MR) is 64.9 cm³/mol. The van der Waals surface area contributed by atoms with Crippen molar-refractivity contribution in [1.82, 2.24) is 9.97 Å². The molecule has 0 bridgehead atoms. The lowest BCUT2D eigenvalue weighted by Crippen LogP contribution is -2.16. The first kappa shape index (κ1) is 11.7. The Labute approximate surface area is 103 Å². The van der Waals surface area contributed by atoms with Crippen molar-refractivity contribution >= 4 is 17.6 Å². The summed E-state index contributed by atoms with van der Waals surface area (Å²) in [5, 5.41) is 2.57. The molecule has 0 aliphatic rings. The second kappa shape index (κ2) is 5.05. The SMILES string of the molecule is NC(=O)c1cccc(NC(=O)c2ccncc2)n1. The molecule has 6 heteroatoms. The predicted octanol–water partition coefficient (Wildman–Crippen LogP) is 0.828. The Morgan fingerprint density at radius 3 is 2.50 bits per heavy atom. The minimum atomic E-state index is -0.644. The van der Waals surface area contributed by atoms with E-state index in [1.54, 1.807) is 24.3 Å². The topological polar surface area (TPSA) is 98.0 Å². The first-order chi connectivity index (χ1) is 8.66. The normalized spacial score (nSPS) is 9.78. The van der Waals surface area contributed by atoms with Crippen LogP contribution in [0.3, 0.4) is 0 Å². The van der Waals surface area contributed by atoms with Crippen LogP contribution >= 0.6 is 0 Å². The van der Waals surface area contributed by atoms with E-state index in [0.29, 0.717) is 5.56 Å². The van der Waals surface area contributed by atoms with E-state index in [1.165, 1.54) is 18.5 Å². The van der Waals surface area contributed by atoms with Gasteiger partial charge in [-0.05, 0) is 24.3 Å². The Morgan fingerprint density at radius 1 is 1.11 bits per heavy atom. The number of aromatic nitrogens is 2. The summed E-state index contributed by atoms with van der Waals surface area (Å²) in [4.78, 5) is 30.5. The molecular weight excluding hydrogens is 232 g/mol. The fourth-order valence-corrected chi connectivity index (χ4v) is 1.33. The van der Waals surface area contributed by atoms with E-state index in [0.717, 1.165) is 0 Å². The maximum Gasteiger partial charge on any atom is 0.267 e. The zero-order valence-corrected chi connectivity index (χ0v) is 9.33. The summed E-state index contributed by atoms with van der Waals surface area (Å²) in [5.74, 6) is -0.699. The molecule has 0 fully saturated rings. The molecule has 6 nitrogen and oxygen atoms in total. The molecule has 0 unspecified atom stereocenters. The number of anilines is 1. The zero-order valence-electron chi connectivity index (χ0n) is 9.33. The number of hydrogen-bond acceptors (Lipinski definition) is 4. The number of nitrogens with one attached hydrogen (secondary N) is 1. The van der Waals surface area contributed by atoms with Crippen molar-refractivity contribution in [2.24, 2.45) is 5.73 Å². The molecule has 0 spiro atoms. The smallest absolute Gasteiger partial charge is 0.267 e. The Bertz CT molecular complexity index is 584. The van der Waals surface area contributed by atoms with Gasteiger partial charge in [0.05, 0.1) is 0 Å². The minimum absolute atomic E-state index is 0.0996. The summed E-state index contributed by atoms with van der Waals surface area (Å²) in [5.41, 5.74) is 5.66. The number of amides is 2. The lowest BCUT2D eigenvalue weighted by molar-refractivity contribution is 0.0991. The highest BCUT2D eigenvalue weighted by Gasteiger charge is 2.08. The monoisotopic (exact) mass is 242 g/mol. The number of rotatable bonds is 3. The van der Waals surface area contributed by atoms with Crippen LogP contribution in [0.5, 0.6) is 0 Å². The summed E-state index contributed by atoms with van der Waals surface area (Å²) < 4.78 is 0. The standard InChI is InChI=1S/C12H10N4O2/c13-11(17)9-2-1-3-10(15-9)16-12(18)8-4-6-14-7-5-8/h1-7H,(H2,13,17)(H,15,16,18). The van der Waals surface area contributed by atoms with Crippen molar-refractivity contribution in [3.8, 4) is 0 Å². The van der Waals surface area contributed by atoms with Crippen LogP contribution < -0.4 is 11.1 Å². The van der Waals surface area contributed by atoms with Gasteiger partial charge in [-0.15, -0.1) is 0 Å². The van der Waals surface area contributed by atoms with E-state index >= 15 is 0 Å². The van der Waals surface area contributed by atoms with Crippen molar-refractivity contribution in [2.45, 2.75) is 0 Å². The second-order valence-electron chi connectivity index (χ2n) is 3.46. The average molecular weight is 242 g/mol. The van der Waals surface area contributed by atoms with Crippen molar-refractivity contribution < 1.29 is 9.59 Å². The van der Waals surface area contributed by atoms with Gasteiger partial charge in [-0.25, -0.2) is 4.98 Å². The van der Waals surface area contributed by atoms with Crippen molar-refractivity contribution in [3.63, 3.8) is 0 Å². The van der Waals surface area contributed by atoms with Gasteiger partial charge >= 0.3 is 0 Å². The van der Waals surface area contributed by atoms with E-state index < -0.39 is 5.91 Å². The van der Waals surface area contributed by atoms with Crippen LogP contribution in [-0.2, 0) is 0 Å². The molecule has 0 atom stereocenters. The molecule has 2 aromatic heterocycles. The Morgan fingerprint density at radius 2 is 1.83 bits per heavy atom. The molecule has 0 aromatic carbocycles. The summed E-state index contributed by atoms with van der Waals surface area (Å²) in [6.45, 7) is 0. The molecule has 0 saturated carbocycles. The van der Waals surface area contributed by atoms with E-state index in [2.05, 4.69) is 15.3 Å². The molecule has 0 saturated heterocycles. The number of primary amides is 1. The average Bonchev–Trinajstić information content (AvgIpc) is 2.40. The molecule has 2 heterocycles. The van der Waals surface area contributed by atoms with Gasteiger partial charge in [0, 0.05) is 18.0 Å². The molecule has 2 amide bonds. The van der Waals surface area contributed by atoms with Gasteiger partial charge in [0.1, 0.15) is 11.5 Å². The Balaban J connectivity index is 2.17. The number of carbonyl (C=O) groups excluding carboxylic acids is 2. The highest BCUT2D eigenvalue weighted by molar-refractivity contribution is 6.03. The van der Waals surface area contributed by atoms with Gasteiger partial charge in [-0.1, -0.05) is 6.07 Å². The highest BCUT2D eigenvalue weighted by Crippen LogP contribution is 2.07. The molecule has 0 aliphatic heterocycles. The maximum atomic E-state index is 11.8. The molecule has 3 N–H and O–H groups in total. The number of carbonyl (C=O) groups is 2. The summed E-state index contributed by atoms with van der Waals surface area (Å²) in [6.07, 6.45) is 3.03. The van der Waals surface area contributed by atoms with Crippen LogP contribution in [0.4, 0.5) is 5.82 Å². The van der Waals surface area contributed by atoms with Crippen LogP contribution in [0.25, 0.3) is 0 Å². The third-order valence-electron chi connectivity index (χ3n) is 2.19.